The first-order valence-electron chi connectivity index (χ1n) is 11.9. The number of amides is 1. The molecule has 1 N–H and O–H groups in total. The molecule has 0 unspecified atom stereocenters. The summed E-state index contributed by atoms with van der Waals surface area (Å²) in [7, 11) is 0. The van der Waals surface area contributed by atoms with Crippen LogP contribution in [0.4, 0.5) is 5.82 Å². The maximum Gasteiger partial charge on any atom is 0.221 e. The highest BCUT2D eigenvalue weighted by Crippen LogP contribution is 2.30. The molecule has 3 aromatic heterocycles. The van der Waals surface area contributed by atoms with Gasteiger partial charge in [0.15, 0.2) is 5.82 Å². The normalized spacial score (nSPS) is 14.3. The van der Waals surface area contributed by atoms with Gasteiger partial charge in [0, 0.05) is 44.5 Å². The van der Waals surface area contributed by atoms with Crippen molar-refractivity contribution < 1.29 is 13.9 Å². The van der Waals surface area contributed by atoms with E-state index in [1.165, 1.54) is 0 Å². The molecule has 35 heavy (non-hydrogen) atoms. The Morgan fingerprint density at radius 2 is 1.97 bits per heavy atom. The summed E-state index contributed by atoms with van der Waals surface area (Å²) in [5, 5.41) is 6.04. The van der Waals surface area contributed by atoms with E-state index in [1.807, 2.05) is 53.9 Å². The van der Waals surface area contributed by atoms with E-state index in [9.17, 15) is 4.79 Å². The number of morpholine rings is 1. The van der Waals surface area contributed by atoms with Gasteiger partial charge in [-0.1, -0.05) is 18.2 Å². The summed E-state index contributed by atoms with van der Waals surface area (Å²) in [5.41, 5.74) is 0.875. The summed E-state index contributed by atoms with van der Waals surface area (Å²) in [6.45, 7) is 5.85. The van der Waals surface area contributed by atoms with Crippen LogP contribution in [0.1, 0.15) is 12.2 Å². The fourth-order valence-corrected chi connectivity index (χ4v) is 4.83. The lowest BCUT2D eigenvalue weighted by molar-refractivity contribution is -0.121. The Hall–Kier alpha value is -3.27. The van der Waals surface area contributed by atoms with Crippen LogP contribution in [0.2, 0.25) is 0 Å². The van der Waals surface area contributed by atoms with E-state index < -0.39 is 0 Å². The van der Waals surface area contributed by atoms with Gasteiger partial charge in [-0.05, 0) is 35.7 Å². The van der Waals surface area contributed by atoms with E-state index in [1.54, 1.807) is 17.6 Å². The third kappa shape index (κ3) is 6.05. The molecule has 0 spiro atoms. The Labute approximate surface area is 208 Å². The Morgan fingerprint density at radius 1 is 1.09 bits per heavy atom. The molecule has 1 saturated heterocycles. The standard InChI is InChI=1S/C26H29N5O3S/c32-24(27-10-12-30-13-16-33-17-14-30)9-11-31(19-20-5-3-15-34-20)26-21-6-1-2-7-22(21)28-25(29-26)23-8-4-18-35-23/h1-8,15,18H,9-14,16-17,19H2,(H,27,32). The minimum absolute atomic E-state index is 0.0274. The fourth-order valence-electron chi connectivity index (χ4n) is 4.17. The van der Waals surface area contributed by atoms with Crippen LogP contribution in [0, 0.1) is 0 Å². The Balaban J connectivity index is 1.34. The lowest BCUT2D eigenvalue weighted by atomic mass is 10.2. The van der Waals surface area contributed by atoms with E-state index in [0.29, 0.717) is 31.9 Å². The summed E-state index contributed by atoms with van der Waals surface area (Å²) in [5.74, 6) is 2.34. The zero-order chi connectivity index (χ0) is 23.9. The molecule has 0 radical (unpaired) electrons. The Morgan fingerprint density at radius 3 is 2.77 bits per heavy atom. The van der Waals surface area contributed by atoms with Crippen molar-refractivity contribution in [3.63, 3.8) is 0 Å². The van der Waals surface area contributed by atoms with Gasteiger partial charge in [-0.15, -0.1) is 11.3 Å². The van der Waals surface area contributed by atoms with Crippen molar-refractivity contribution in [2.24, 2.45) is 0 Å². The molecule has 1 fully saturated rings. The van der Waals surface area contributed by atoms with Gasteiger partial charge in [-0.3, -0.25) is 9.69 Å². The topological polar surface area (TPSA) is 83.7 Å². The number of ether oxygens (including phenoxy) is 1. The van der Waals surface area contributed by atoms with Crippen LogP contribution in [0.5, 0.6) is 0 Å². The molecule has 8 nitrogen and oxygen atoms in total. The molecule has 182 valence electrons. The first kappa shape index (κ1) is 23.5. The number of nitrogens with one attached hydrogen (secondary N) is 1. The maximum absolute atomic E-state index is 12.7. The summed E-state index contributed by atoms with van der Waals surface area (Å²) in [6.07, 6.45) is 2.03. The molecule has 4 heterocycles. The van der Waals surface area contributed by atoms with Crippen LogP contribution in [0.25, 0.3) is 21.6 Å². The highest BCUT2D eigenvalue weighted by molar-refractivity contribution is 7.13. The van der Waals surface area contributed by atoms with Crippen LogP contribution >= 0.6 is 11.3 Å². The van der Waals surface area contributed by atoms with Crippen LogP contribution < -0.4 is 10.2 Å². The van der Waals surface area contributed by atoms with Gasteiger partial charge in [-0.25, -0.2) is 9.97 Å². The third-order valence-electron chi connectivity index (χ3n) is 6.01. The molecule has 1 amide bonds. The molecule has 0 bridgehead atoms. The quantitative estimate of drug-likeness (QED) is 0.361. The molecular weight excluding hydrogens is 462 g/mol. The van der Waals surface area contributed by atoms with Crippen LogP contribution in [-0.2, 0) is 16.1 Å². The van der Waals surface area contributed by atoms with Crippen molar-refractivity contribution in [1.29, 1.82) is 0 Å². The van der Waals surface area contributed by atoms with Gasteiger partial charge in [0.25, 0.3) is 0 Å². The number of rotatable bonds is 10. The van der Waals surface area contributed by atoms with Crippen LogP contribution in [0.3, 0.4) is 0 Å². The SMILES string of the molecule is O=C(CCN(Cc1ccco1)c1nc(-c2cccs2)nc2ccccc12)NCCN1CCOCC1. The number of fused-ring (bicyclic) bond motifs is 1. The number of nitrogens with zero attached hydrogens (tertiary/aromatic N) is 4. The number of aromatic nitrogens is 2. The number of para-hydroxylation sites is 1. The number of carbonyl (C=O) groups is 1. The number of furan rings is 1. The average molecular weight is 492 g/mol. The Bertz CT molecular complexity index is 1220. The summed E-state index contributed by atoms with van der Waals surface area (Å²) in [6, 6.07) is 15.8. The number of anilines is 1. The van der Waals surface area contributed by atoms with Crippen LogP contribution in [-0.4, -0.2) is 66.7 Å². The predicted molar refractivity (Wildman–Crippen MR) is 137 cm³/mol. The second-order valence-electron chi connectivity index (χ2n) is 8.42. The predicted octanol–water partition coefficient (Wildman–Crippen LogP) is 3.80. The monoisotopic (exact) mass is 491 g/mol. The molecule has 1 aromatic carbocycles. The summed E-state index contributed by atoms with van der Waals surface area (Å²) < 4.78 is 11.0. The average Bonchev–Trinajstić information content (AvgIpc) is 3.61. The molecule has 0 saturated carbocycles. The van der Waals surface area contributed by atoms with Crippen molar-refractivity contribution >= 4 is 34.0 Å². The minimum Gasteiger partial charge on any atom is -0.467 e. The van der Waals surface area contributed by atoms with Gasteiger partial charge in [0.05, 0.1) is 36.4 Å². The van der Waals surface area contributed by atoms with Crippen molar-refractivity contribution in [1.82, 2.24) is 20.2 Å². The van der Waals surface area contributed by atoms with Gasteiger partial charge in [0.2, 0.25) is 5.91 Å². The van der Waals surface area contributed by atoms with Crippen molar-refractivity contribution in [2.45, 2.75) is 13.0 Å². The van der Waals surface area contributed by atoms with E-state index in [0.717, 1.165) is 60.2 Å². The molecule has 0 aliphatic carbocycles. The number of hydrogen-bond donors (Lipinski definition) is 1. The van der Waals surface area contributed by atoms with E-state index >= 15 is 0 Å². The van der Waals surface area contributed by atoms with Gasteiger partial charge >= 0.3 is 0 Å². The first-order chi connectivity index (χ1) is 17.3. The maximum atomic E-state index is 12.7. The minimum atomic E-state index is 0.0274. The van der Waals surface area contributed by atoms with Crippen LogP contribution in [0.15, 0.2) is 64.6 Å². The van der Waals surface area contributed by atoms with Crippen molar-refractivity contribution in [3.8, 4) is 10.7 Å². The van der Waals surface area contributed by atoms with Gasteiger partial charge in [-0.2, -0.15) is 0 Å². The van der Waals surface area contributed by atoms with E-state index in [-0.39, 0.29) is 5.91 Å². The second kappa shape index (κ2) is 11.4. The number of carbonyl (C=O) groups excluding carboxylic acids is 1. The zero-order valence-electron chi connectivity index (χ0n) is 19.6. The summed E-state index contributed by atoms with van der Waals surface area (Å²) in [4.78, 5) is 27.9. The van der Waals surface area contributed by atoms with Crippen molar-refractivity contribution in [2.75, 3.05) is 50.8 Å². The third-order valence-corrected chi connectivity index (χ3v) is 6.88. The fraction of sp³-hybridized carbons (Fsp3) is 0.346. The highest BCUT2D eigenvalue weighted by atomic mass is 32.1. The van der Waals surface area contributed by atoms with Gasteiger partial charge < -0.3 is 19.4 Å². The first-order valence-corrected chi connectivity index (χ1v) is 12.8. The molecule has 1 aliphatic heterocycles. The molecule has 0 atom stereocenters. The molecule has 1 aliphatic rings. The molecule has 5 rings (SSSR count). The van der Waals surface area contributed by atoms with E-state index in [4.69, 9.17) is 19.1 Å². The van der Waals surface area contributed by atoms with E-state index in [2.05, 4.69) is 15.1 Å². The lowest BCUT2D eigenvalue weighted by Crippen LogP contribution is -2.41. The Kier molecular flexibility index (Phi) is 7.67. The molecule has 9 heteroatoms. The smallest absolute Gasteiger partial charge is 0.221 e. The summed E-state index contributed by atoms with van der Waals surface area (Å²) >= 11 is 1.61. The molecular formula is C26H29N5O3S. The number of hydrogen-bond acceptors (Lipinski definition) is 8. The highest BCUT2D eigenvalue weighted by Gasteiger charge is 2.19. The zero-order valence-corrected chi connectivity index (χ0v) is 20.4. The number of thiophene rings is 1. The van der Waals surface area contributed by atoms with Gasteiger partial charge in [0.1, 0.15) is 11.6 Å². The van der Waals surface area contributed by atoms with Crippen molar-refractivity contribution in [3.05, 3.63) is 65.9 Å². The molecule has 4 aromatic rings. The largest absolute Gasteiger partial charge is 0.467 e. The number of benzene rings is 1. The second-order valence-corrected chi connectivity index (χ2v) is 9.37. The lowest BCUT2D eigenvalue weighted by Gasteiger charge is -2.26.